The van der Waals surface area contributed by atoms with Crippen molar-refractivity contribution >= 4 is 54.0 Å². The third-order valence-corrected chi connectivity index (χ3v) is 14.7. The molecule has 0 amide bonds. The van der Waals surface area contributed by atoms with Gasteiger partial charge in [0.15, 0.2) is 7.14 Å². The van der Waals surface area contributed by atoms with Gasteiger partial charge in [-0.05, 0) is 69.2 Å². The van der Waals surface area contributed by atoms with Crippen molar-refractivity contribution in [3.8, 4) is 0 Å². The molecule has 0 unspecified atom stereocenters. The molecule has 0 atom stereocenters. The van der Waals surface area contributed by atoms with Gasteiger partial charge in [0.25, 0.3) is 0 Å². The fourth-order valence-electron chi connectivity index (χ4n) is 5.15. The Morgan fingerprint density at radius 1 is 0.531 bits per heavy atom. The highest BCUT2D eigenvalue weighted by atomic mass is 127. The van der Waals surface area contributed by atoms with E-state index in [1.165, 1.54) is 48.5 Å². The smallest absolute Gasteiger partial charge is 0.416 e. The standard InChI is InChI=1S/C34H17F6IO7S/c35-33(36,37)18-13-19(34(38,39)40)15-22(14-18)49(44,45)48-41(20-9-11-29-25(16-20)31(42)23-5-1-3-7-27(23)46-29)21-10-12-30-26(17-21)32(43)24-6-2-4-8-28(24)47-30/h1-17H/q+1. The molecule has 0 fully saturated rings. The number of hydrogen-bond acceptors (Lipinski definition) is 7. The van der Waals surface area contributed by atoms with Gasteiger partial charge < -0.3 is 8.83 Å². The van der Waals surface area contributed by atoms with Gasteiger partial charge in [-0.3, -0.25) is 9.59 Å². The van der Waals surface area contributed by atoms with Crippen LogP contribution < -0.4 is 31.1 Å². The van der Waals surface area contributed by atoms with Crippen LogP contribution in [0.25, 0.3) is 43.9 Å². The minimum Gasteiger partial charge on any atom is -0.456 e. The second kappa shape index (κ2) is 11.7. The molecule has 2 aromatic heterocycles. The van der Waals surface area contributed by atoms with Crippen LogP contribution in [0, 0.1) is 7.14 Å². The van der Waals surface area contributed by atoms with Crippen LogP contribution in [0.3, 0.4) is 0 Å². The quantitative estimate of drug-likeness (QED) is 0.133. The van der Waals surface area contributed by atoms with E-state index in [2.05, 4.69) is 0 Å². The molecule has 249 valence electrons. The number of halogens is 7. The van der Waals surface area contributed by atoms with Crippen molar-refractivity contribution in [2.75, 3.05) is 0 Å². The highest BCUT2D eigenvalue weighted by molar-refractivity contribution is 7.86. The first-order valence-corrected chi connectivity index (χ1v) is 18.4. The molecule has 0 aliphatic heterocycles. The number of fused-ring (bicyclic) bond motifs is 4. The minimum atomic E-state index is -5.35. The lowest BCUT2D eigenvalue weighted by Gasteiger charge is -2.14. The largest absolute Gasteiger partial charge is 0.456 e. The molecule has 0 N–H and O–H groups in total. The van der Waals surface area contributed by atoms with Gasteiger partial charge in [0.05, 0.1) is 37.6 Å². The predicted octanol–water partition coefficient (Wildman–Crippen LogP) is 5.23. The average molecular weight is 810 g/mol. The third kappa shape index (κ3) is 6.06. The zero-order chi connectivity index (χ0) is 34.9. The number of rotatable bonds is 5. The highest BCUT2D eigenvalue weighted by Gasteiger charge is 2.42. The molecule has 7 aromatic rings. The van der Waals surface area contributed by atoms with Crippen molar-refractivity contribution in [1.82, 2.24) is 0 Å². The maximum atomic E-state index is 13.7. The van der Waals surface area contributed by atoms with E-state index in [0.717, 1.165) is 0 Å². The van der Waals surface area contributed by atoms with Crippen molar-refractivity contribution < 1.29 is 66.3 Å². The van der Waals surface area contributed by atoms with E-state index >= 15 is 0 Å². The molecule has 0 saturated carbocycles. The molecule has 1 radical (unpaired) electrons. The molecule has 7 rings (SSSR count). The van der Waals surface area contributed by atoms with Crippen LogP contribution in [0.4, 0.5) is 26.3 Å². The average Bonchev–Trinajstić information content (AvgIpc) is 3.06. The molecular weight excluding hydrogens is 793 g/mol. The van der Waals surface area contributed by atoms with E-state index in [9.17, 15) is 44.3 Å². The third-order valence-electron chi connectivity index (χ3n) is 7.47. The van der Waals surface area contributed by atoms with Crippen molar-refractivity contribution in [2.45, 2.75) is 17.2 Å². The van der Waals surface area contributed by atoms with E-state index in [0.29, 0.717) is 0 Å². The lowest BCUT2D eigenvalue weighted by Crippen LogP contribution is -3.85. The molecule has 0 bridgehead atoms. The molecule has 5 aromatic carbocycles. The van der Waals surface area contributed by atoms with Crippen molar-refractivity contribution in [1.29, 1.82) is 0 Å². The van der Waals surface area contributed by atoms with Crippen molar-refractivity contribution in [3.05, 3.63) is 142 Å². The van der Waals surface area contributed by atoms with E-state index in [1.807, 2.05) is 0 Å². The van der Waals surface area contributed by atoms with Crippen LogP contribution >= 0.6 is 0 Å². The first kappa shape index (κ1) is 32.8. The molecular formula is C34H17F6IO7S+. The Labute approximate surface area is 278 Å². The maximum Gasteiger partial charge on any atom is 0.416 e. The molecule has 15 heteroatoms. The van der Waals surface area contributed by atoms with Gasteiger partial charge in [0.2, 0.25) is 10.9 Å². The fraction of sp³-hybridized carbons (Fsp3) is 0.0588. The minimum absolute atomic E-state index is 0.0178. The molecule has 7 nitrogen and oxygen atoms in total. The Morgan fingerprint density at radius 3 is 1.37 bits per heavy atom. The predicted molar refractivity (Wildman–Crippen MR) is 162 cm³/mol. The van der Waals surface area contributed by atoms with Crippen LogP contribution in [0.2, 0.25) is 0 Å². The van der Waals surface area contributed by atoms with Gasteiger partial charge in [-0.2, -0.15) is 34.8 Å². The first-order valence-electron chi connectivity index (χ1n) is 14.0. The van der Waals surface area contributed by atoms with Crippen LogP contribution in [0.1, 0.15) is 11.1 Å². The first-order chi connectivity index (χ1) is 23.1. The van der Waals surface area contributed by atoms with Gasteiger partial charge in [-0.25, -0.2) is 0 Å². The number of para-hydroxylation sites is 2. The summed E-state index contributed by atoms with van der Waals surface area (Å²) >= 11 is -4.00. The fourth-order valence-corrected chi connectivity index (χ4v) is 12.3. The lowest BCUT2D eigenvalue weighted by molar-refractivity contribution is -1.03. The Bertz CT molecular complexity index is 2540. The van der Waals surface area contributed by atoms with Gasteiger partial charge in [-0.15, -0.1) is 0 Å². The zero-order valence-electron chi connectivity index (χ0n) is 24.2. The summed E-state index contributed by atoms with van der Waals surface area (Å²) in [6, 6.07) is 20.8. The SMILES string of the molecule is O=c1c2ccccc2oc2ccc([I+](OS(=O)(=O)c3cc(C(F)(F)F)cc(C(F)(F)F)c3)c3ccc4oc5ccccc5c(=O)c4c3)cc12. The summed E-state index contributed by atoms with van der Waals surface area (Å²) in [6.45, 7) is 0. The Hall–Kier alpha value is -4.74. The van der Waals surface area contributed by atoms with Crippen LogP contribution in [0.15, 0.2) is 126 Å². The summed E-state index contributed by atoms with van der Waals surface area (Å²) in [4.78, 5) is 25.5. The Balaban J connectivity index is 1.45. The van der Waals surface area contributed by atoms with Gasteiger partial charge >= 0.3 is 42.7 Å². The Morgan fingerprint density at radius 2 is 0.939 bits per heavy atom. The summed E-state index contributed by atoms with van der Waals surface area (Å²) < 4.78 is 127. The monoisotopic (exact) mass is 810 g/mol. The zero-order valence-corrected chi connectivity index (χ0v) is 27.2. The number of benzene rings is 5. The molecule has 0 aliphatic carbocycles. The number of alkyl halides is 6. The van der Waals surface area contributed by atoms with Gasteiger partial charge in [0.1, 0.15) is 22.3 Å². The second-order valence-electron chi connectivity index (χ2n) is 10.6. The van der Waals surface area contributed by atoms with E-state index < -0.39 is 69.6 Å². The lowest BCUT2D eigenvalue weighted by atomic mass is 10.1. The molecule has 0 saturated heterocycles. The van der Waals surface area contributed by atoms with E-state index in [-0.39, 0.29) is 69.2 Å². The van der Waals surface area contributed by atoms with Crippen LogP contribution in [-0.2, 0) is 25.0 Å². The topological polar surface area (TPSA) is 104 Å². The normalized spacial score (nSPS) is 12.9. The van der Waals surface area contributed by atoms with Gasteiger partial charge in [0, 0.05) is 12.1 Å². The van der Waals surface area contributed by atoms with Crippen LogP contribution in [0.5, 0.6) is 0 Å². The van der Waals surface area contributed by atoms with Gasteiger partial charge in [-0.1, -0.05) is 24.3 Å². The molecule has 0 aliphatic rings. The highest BCUT2D eigenvalue weighted by Crippen LogP contribution is 2.37. The summed E-state index contributed by atoms with van der Waals surface area (Å²) in [5.41, 5.74) is -3.84. The maximum absolute atomic E-state index is 13.7. The summed E-state index contributed by atoms with van der Waals surface area (Å²) in [7, 11) is -5.35. The summed E-state index contributed by atoms with van der Waals surface area (Å²) in [5, 5.41) is 0.452. The Kier molecular flexibility index (Phi) is 7.83. The summed E-state index contributed by atoms with van der Waals surface area (Å²) in [5.74, 6) is 0. The van der Waals surface area contributed by atoms with Crippen LogP contribution in [-0.4, -0.2) is 8.42 Å². The molecule has 49 heavy (non-hydrogen) atoms. The second-order valence-corrected chi connectivity index (χ2v) is 17.1. The van der Waals surface area contributed by atoms with Crippen molar-refractivity contribution in [3.63, 3.8) is 0 Å². The van der Waals surface area contributed by atoms with E-state index in [1.54, 1.807) is 36.4 Å². The molecule has 0 spiro atoms. The summed E-state index contributed by atoms with van der Waals surface area (Å²) in [6.07, 6.45) is -10.7. The number of hydrogen-bond donors (Lipinski definition) is 0. The van der Waals surface area contributed by atoms with Crippen molar-refractivity contribution in [2.24, 2.45) is 0 Å². The molecule has 2 heterocycles. The van der Waals surface area contributed by atoms with E-state index in [4.69, 9.17) is 11.3 Å².